The lowest BCUT2D eigenvalue weighted by Gasteiger charge is -2.30. The molecule has 1 aliphatic carbocycles. The summed E-state index contributed by atoms with van der Waals surface area (Å²) in [5.41, 5.74) is 0.622. The van der Waals surface area contributed by atoms with E-state index in [0.717, 1.165) is 0 Å². The summed E-state index contributed by atoms with van der Waals surface area (Å²) in [6.45, 7) is 0.591. The molecular formula is C14H19F3N4O. The van der Waals surface area contributed by atoms with E-state index in [1.165, 1.54) is 12.3 Å². The number of carbonyl (C=O) groups is 1. The highest BCUT2D eigenvalue weighted by Crippen LogP contribution is 2.42. The lowest BCUT2D eigenvalue weighted by molar-refractivity contribution is -0.155. The second-order valence-corrected chi connectivity index (χ2v) is 5.71. The van der Waals surface area contributed by atoms with Gasteiger partial charge in [-0.2, -0.15) is 18.3 Å². The number of H-pyrrole nitrogens is 1. The molecule has 0 aliphatic heterocycles. The number of halogens is 3. The first-order valence-corrected chi connectivity index (χ1v) is 6.98. The molecule has 0 aromatic carbocycles. The Morgan fingerprint density at radius 3 is 2.91 bits per heavy atom. The summed E-state index contributed by atoms with van der Waals surface area (Å²) in [6.07, 6.45) is 0.0653. The van der Waals surface area contributed by atoms with Crippen molar-refractivity contribution in [2.45, 2.75) is 31.0 Å². The van der Waals surface area contributed by atoms with E-state index in [1.54, 1.807) is 6.08 Å². The minimum Gasteiger partial charge on any atom is -0.349 e. The molecule has 1 aromatic rings. The lowest BCUT2D eigenvalue weighted by atomic mass is 9.83. The molecule has 0 saturated carbocycles. The third-order valence-corrected chi connectivity index (χ3v) is 3.58. The maximum Gasteiger partial charge on any atom is 0.395 e. The summed E-state index contributed by atoms with van der Waals surface area (Å²) in [5, 5.41) is 8.92. The Bertz CT molecular complexity index is 551. The first-order chi connectivity index (χ1) is 10.3. The second-order valence-electron chi connectivity index (χ2n) is 5.71. The molecule has 0 bridgehead atoms. The molecule has 1 aliphatic rings. The summed E-state index contributed by atoms with van der Waals surface area (Å²) in [4.78, 5) is 13.7. The van der Waals surface area contributed by atoms with Crippen LogP contribution in [0, 0.1) is 0 Å². The molecule has 1 amide bonds. The number of aromatic amines is 1. The molecule has 0 radical (unpaired) electrons. The van der Waals surface area contributed by atoms with Gasteiger partial charge in [0, 0.05) is 36.3 Å². The lowest BCUT2D eigenvalue weighted by Crippen LogP contribution is -2.42. The second kappa shape index (κ2) is 6.51. The smallest absolute Gasteiger partial charge is 0.349 e. The van der Waals surface area contributed by atoms with Gasteiger partial charge in [0.2, 0.25) is 5.91 Å². The minimum absolute atomic E-state index is 0.163. The van der Waals surface area contributed by atoms with Gasteiger partial charge < -0.3 is 10.2 Å². The van der Waals surface area contributed by atoms with Crippen molar-refractivity contribution in [3.05, 3.63) is 29.6 Å². The molecular weight excluding hydrogens is 297 g/mol. The standard InChI is InChI=1S/C14H19F3N4O/c1-21(2)5-3-4-13(22)19-9-6-11(14(15,16)17)10-8-18-20-12(10)7-9/h3-4,8-9,11H,5-7H2,1-2H3,(H,18,20)(H,19,22)/b4-3+. The van der Waals surface area contributed by atoms with E-state index in [1.807, 2.05) is 19.0 Å². The van der Waals surface area contributed by atoms with Gasteiger partial charge in [-0.3, -0.25) is 9.89 Å². The van der Waals surface area contributed by atoms with E-state index in [0.29, 0.717) is 18.7 Å². The maximum atomic E-state index is 13.1. The number of hydrogen-bond donors (Lipinski definition) is 2. The van der Waals surface area contributed by atoms with E-state index in [4.69, 9.17) is 0 Å². The highest BCUT2D eigenvalue weighted by atomic mass is 19.4. The van der Waals surface area contributed by atoms with Crippen LogP contribution in [0.4, 0.5) is 13.2 Å². The Morgan fingerprint density at radius 1 is 1.55 bits per heavy atom. The zero-order chi connectivity index (χ0) is 16.3. The van der Waals surface area contributed by atoms with Crippen molar-refractivity contribution in [1.29, 1.82) is 0 Å². The van der Waals surface area contributed by atoms with Gasteiger partial charge in [-0.15, -0.1) is 0 Å². The van der Waals surface area contributed by atoms with Crippen LogP contribution in [0.1, 0.15) is 23.6 Å². The fourth-order valence-electron chi connectivity index (χ4n) is 2.57. The Hall–Kier alpha value is -1.83. The fourth-order valence-corrected chi connectivity index (χ4v) is 2.57. The van der Waals surface area contributed by atoms with Crippen LogP contribution in [0.2, 0.25) is 0 Å². The molecule has 22 heavy (non-hydrogen) atoms. The molecule has 2 N–H and O–H groups in total. The first kappa shape index (κ1) is 16.5. The topological polar surface area (TPSA) is 61.0 Å². The Morgan fingerprint density at radius 2 is 2.27 bits per heavy atom. The van der Waals surface area contributed by atoms with E-state index in [2.05, 4.69) is 15.5 Å². The number of aromatic nitrogens is 2. The van der Waals surface area contributed by atoms with Crippen molar-refractivity contribution in [3.8, 4) is 0 Å². The first-order valence-electron chi connectivity index (χ1n) is 6.98. The number of carbonyl (C=O) groups excluding carboxylic acids is 1. The van der Waals surface area contributed by atoms with Crippen LogP contribution >= 0.6 is 0 Å². The third kappa shape index (κ3) is 4.09. The Labute approximate surface area is 126 Å². The summed E-state index contributed by atoms with van der Waals surface area (Å²) in [6, 6.07) is -0.559. The highest BCUT2D eigenvalue weighted by molar-refractivity contribution is 5.87. The SMILES string of the molecule is CN(C)C/C=C/C(=O)NC1Cc2[nH]ncc2C(C(F)(F)F)C1. The largest absolute Gasteiger partial charge is 0.395 e. The monoisotopic (exact) mass is 316 g/mol. The van der Waals surface area contributed by atoms with Crippen LogP contribution in [-0.4, -0.2) is 53.9 Å². The number of fused-ring (bicyclic) bond motifs is 1. The quantitative estimate of drug-likeness (QED) is 0.830. The molecule has 122 valence electrons. The van der Waals surface area contributed by atoms with Crippen molar-refractivity contribution in [2.24, 2.45) is 0 Å². The van der Waals surface area contributed by atoms with Crippen molar-refractivity contribution < 1.29 is 18.0 Å². The summed E-state index contributed by atoms with van der Waals surface area (Å²) in [7, 11) is 3.72. The average Bonchev–Trinajstić information content (AvgIpc) is 2.84. The van der Waals surface area contributed by atoms with Crippen LogP contribution in [0.25, 0.3) is 0 Å². The van der Waals surface area contributed by atoms with Gasteiger partial charge >= 0.3 is 6.18 Å². The number of likely N-dealkylation sites (N-methyl/N-ethyl adjacent to an activating group) is 1. The molecule has 5 nitrogen and oxygen atoms in total. The summed E-state index contributed by atoms with van der Waals surface area (Å²) >= 11 is 0. The number of nitrogens with zero attached hydrogens (tertiary/aromatic N) is 2. The van der Waals surface area contributed by atoms with Crippen LogP contribution in [0.5, 0.6) is 0 Å². The van der Waals surface area contributed by atoms with Gasteiger partial charge in [-0.05, 0) is 20.5 Å². The number of alkyl halides is 3. The normalized spacial score (nSPS) is 22.1. The van der Waals surface area contributed by atoms with Gasteiger partial charge in [0.1, 0.15) is 0 Å². The molecule has 0 saturated heterocycles. The van der Waals surface area contributed by atoms with Crippen molar-refractivity contribution >= 4 is 5.91 Å². The number of rotatable bonds is 4. The summed E-state index contributed by atoms with van der Waals surface area (Å²) < 4.78 is 39.4. The van der Waals surface area contributed by atoms with Crippen LogP contribution in [-0.2, 0) is 11.2 Å². The average molecular weight is 316 g/mol. The number of hydrogen-bond acceptors (Lipinski definition) is 3. The molecule has 2 rings (SSSR count). The van der Waals surface area contributed by atoms with Crippen molar-refractivity contribution in [1.82, 2.24) is 20.4 Å². The van der Waals surface area contributed by atoms with E-state index in [-0.39, 0.29) is 17.9 Å². The zero-order valence-corrected chi connectivity index (χ0v) is 12.4. The highest BCUT2D eigenvalue weighted by Gasteiger charge is 2.46. The van der Waals surface area contributed by atoms with Gasteiger partial charge in [0.05, 0.1) is 12.1 Å². The Kier molecular flexibility index (Phi) is 4.90. The van der Waals surface area contributed by atoms with E-state index < -0.39 is 18.1 Å². The zero-order valence-electron chi connectivity index (χ0n) is 12.4. The van der Waals surface area contributed by atoms with Crippen molar-refractivity contribution in [3.63, 3.8) is 0 Å². The van der Waals surface area contributed by atoms with Crippen LogP contribution in [0.15, 0.2) is 18.3 Å². The van der Waals surface area contributed by atoms with E-state index >= 15 is 0 Å². The summed E-state index contributed by atoms with van der Waals surface area (Å²) in [5.74, 6) is -1.97. The predicted molar refractivity (Wildman–Crippen MR) is 75.3 cm³/mol. The molecule has 2 unspecified atom stereocenters. The molecule has 2 atom stereocenters. The predicted octanol–water partition coefficient (Wildman–Crippen LogP) is 1.60. The van der Waals surface area contributed by atoms with Crippen molar-refractivity contribution in [2.75, 3.05) is 20.6 Å². The molecule has 0 spiro atoms. The maximum absolute atomic E-state index is 13.1. The molecule has 1 aromatic heterocycles. The molecule has 8 heteroatoms. The van der Waals surface area contributed by atoms with Gasteiger partial charge in [-0.25, -0.2) is 0 Å². The van der Waals surface area contributed by atoms with Gasteiger partial charge in [0.25, 0.3) is 0 Å². The third-order valence-electron chi connectivity index (χ3n) is 3.58. The van der Waals surface area contributed by atoms with E-state index in [9.17, 15) is 18.0 Å². The van der Waals surface area contributed by atoms with Gasteiger partial charge in [0.15, 0.2) is 0 Å². The Balaban J connectivity index is 2.02. The van der Waals surface area contributed by atoms with Crippen LogP contribution < -0.4 is 5.32 Å². The molecule has 0 fully saturated rings. The van der Waals surface area contributed by atoms with Crippen LogP contribution in [0.3, 0.4) is 0 Å². The number of nitrogens with one attached hydrogen (secondary N) is 2. The fraction of sp³-hybridized carbons (Fsp3) is 0.571. The molecule has 1 heterocycles. The number of amides is 1. The van der Waals surface area contributed by atoms with Gasteiger partial charge in [-0.1, -0.05) is 6.08 Å². The minimum atomic E-state index is -4.34.